The summed E-state index contributed by atoms with van der Waals surface area (Å²) in [6, 6.07) is 19.7. The number of pyridine rings is 1. The monoisotopic (exact) mass is 385 g/mol. The minimum Gasteiger partial charge on any atom is -0.323 e. The molecule has 0 aliphatic rings. The molecule has 0 aliphatic heterocycles. The number of benzene rings is 2. The van der Waals surface area contributed by atoms with Gasteiger partial charge in [-0.1, -0.05) is 41.9 Å². The van der Waals surface area contributed by atoms with Gasteiger partial charge in [0, 0.05) is 34.5 Å². The Bertz CT molecular complexity index is 1030. The number of aryl methyl sites for hydroxylation is 1. The molecule has 4 rings (SSSR count). The fourth-order valence-corrected chi connectivity index (χ4v) is 2.95. The van der Waals surface area contributed by atoms with Crippen LogP contribution >= 0.6 is 11.6 Å². The zero-order valence-corrected chi connectivity index (χ0v) is 15.6. The molecule has 2 N–H and O–H groups in total. The van der Waals surface area contributed by atoms with Gasteiger partial charge < -0.3 is 5.32 Å². The smallest absolute Gasteiger partial charge is 0.161 e. The van der Waals surface area contributed by atoms with E-state index < -0.39 is 0 Å². The first-order chi connectivity index (χ1) is 11.7. The molecule has 0 bridgehead atoms. The van der Waals surface area contributed by atoms with Gasteiger partial charge >= 0.3 is 0 Å². The molecule has 6 heteroatoms. The van der Waals surface area contributed by atoms with Crippen molar-refractivity contribution in [1.29, 1.82) is 0 Å². The summed E-state index contributed by atoms with van der Waals surface area (Å²) in [5, 5.41) is 12.4. The van der Waals surface area contributed by atoms with E-state index in [2.05, 4.69) is 15.5 Å². The molecule has 2 aromatic carbocycles. The number of anilines is 2. The SMILES string of the molecule is Cc1cc(Nc2n[nH]c3ccccc23)nc(-c2ccccc2Cl)c1.[V]. The first kappa shape index (κ1) is 17.6. The minimum absolute atomic E-state index is 0. The maximum absolute atomic E-state index is 6.31. The zero-order chi connectivity index (χ0) is 16.5. The fraction of sp³-hybridized carbons (Fsp3) is 0.0526. The summed E-state index contributed by atoms with van der Waals surface area (Å²) in [4.78, 5) is 4.70. The van der Waals surface area contributed by atoms with E-state index in [0.29, 0.717) is 5.02 Å². The number of H-pyrrole nitrogens is 1. The number of fused-ring (bicyclic) bond motifs is 1. The van der Waals surface area contributed by atoms with Gasteiger partial charge in [0.1, 0.15) is 5.82 Å². The summed E-state index contributed by atoms with van der Waals surface area (Å²) in [7, 11) is 0. The molecule has 0 amide bonds. The predicted octanol–water partition coefficient (Wildman–Crippen LogP) is 5.33. The first-order valence-corrected chi connectivity index (χ1v) is 8.02. The van der Waals surface area contributed by atoms with Crippen LogP contribution in [0.2, 0.25) is 5.02 Å². The molecule has 1 radical (unpaired) electrons. The van der Waals surface area contributed by atoms with Crippen LogP contribution in [0.5, 0.6) is 0 Å². The second-order valence-corrected chi connectivity index (χ2v) is 6.04. The van der Waals surface area contributed by atoms with Crippen LogP contribution in [-0.4, -0.2) is 15.2 Å². The molecule has 0 fully saturated rings. The topological polar surface area (TPSA) is 53.6 Å². The van der Waals surface area contributed by atoms with E-state index >= 15 is 0 Å². The average Bonchev–Trinajstić information content (AvgIpc) is 2.98. The average molecular weight is 386 g/mol. The van der Waals surface area contributed by atoms with Crippen LogP contribution in [0, 0.1) is 6.92 Å². The molecule has 0 unspecified atom stereocenters. The predicted molar refractivity (Wildman–Crippen MR) is 98.8 cm³/mol. The minimum atomic E-state index is 0. The van der Waals surface area contributed by atoms with E-state index in [1.165, 1.54) is 0 Å². The van der Waals surface area contributed by atoms with Crippen molar-refractivity contribution in [2.24, 2.45) is 0 Å². The molecule has 4 nitrogen and oxygen atoms in total. The van der Waals surface area contributed by atoms with Gasteiger partial charge in [-0.25, -0.2) is 4.98 Å². The third kappa shape index (κ3) is 3.56. The number of para-hydroxylation sites is 1. The van der Waals surface area contributed by atoms with Gasteiger partial charge in [0.25, 0.3) is 0 Å². The molecule has 2 heterocycles. The van der Waals surface area contributed by atoms with Gasteiger partial charge in [0.15, 0.2) is 5.82 Å². The van der Waals surface area contributed by atoms with Crippen LogP contribution in [0.1, 0.15) is 5.56 Å². The number of halogens is 1. The molecule has 0 saturated carbocycles. The van der Waals surface area contributed by atoms with Crippen LogP contribution < -0.4 is 5.32 Å². The van der Waals surface area contributed by atoms with Gasteiger partial charge in [-0.05, 0) is 42.8 Å². The van der Waals surface area contributed by atoms with E-state index in [0.717, 1.165) is 39.4 Å². The van der Waals surface area contributed by atoms with Gasteiger partial charge in [-0.2, -0.15) is 5.10 Å². The van der Waals surface area contributed by atoms with Crippen molar-refractivity contribution in [2.45, 2.75) is 6.92 Å². The van der Waals surface area contributed by atoms with Crippen molar-refractivity contribution < 1.29 is 18.6 Å². The molecular formula is C19H15ClN4V. The summed E-state index contributed by atoms with van der Waals surface area (Å²) in [5.74, 6) is 1.50. The molecule has 4 aromatic rings. The maximum atomic E-state index is 6.31. The largest absolute Gasteiger partial charge is 0.323 e. The Morgan fingerprint density at radius 2 is 1.76 bits per heavy atom. The maximum Gasteiger partial charge on any atom is 0.161 e. The van der Waals surface area contributed by atoms with E-state index in [1.807, 2.05) is 67.6 Å². The number of nitrogens with zero attached hydrogens (tertiary/aromatic N) is 2. The molecule has 123 valence electrons. The Kier molecular flexibility index (Phi) is 5.14. The van der Waals surface area contributed by atoms with Crippen LogP contribution in [0.4, 0.5) is 11.6 Å². The summed E-state index contributed by atoms with van der Waals surface area (Å²) in [5.41, 5.74) is 3.84. The van der Waals surface area contributed by atoms with Crippen LogP contribution in [-0.2, 0) is 18.6 Å². The van der Waals surface area contributed by atoms with Crippen molar-refractivity contribution in [2.75, 3.05) is 5.32 Å². The summed E-state index contributed by atoms with van der Waals surface area (Å²) in [6.45, 7) is 2.04. The normalized spacial score (nSPS) is 10.5. The quantitative estimate of drug-likeness (QED) is 0.501. The summed E-state index contributed by atoms with van der Waals surface area (Å²) >= 11 is 6.31. The Labute approximate surface area is 162 Å². The Morgan fingerprint density at radius 3 is 2.60 bits per heavy atom. The van der Waals surface area contributed by atoms with E-state index in [1.54, 1.807) is 0 Å². The molecule has 0 saturated heterocycles. The number of hydrogen-bond donors (Lipinski definition) is 2. The van der Waals surface area contributed by atoms with Gasteiger partial charge in [0.05, 0.1) is 11.2 Å². The molecule has 0 spiro atoms. The Balaban J connectivity index is 0.00000182. The number of nitrogens with one attached hydrogen (secondary N) is 2. The Morgan fingerprint density at radius 1 is 1.00 bits per heavy atom. The van der Waals surface area contributed by atoms with Crippen molar-refractivity contribution in [3.8, 4) is 11.3 Å². The van der Waals surface area contributed by atoms with Crippen molar-refractivity contribution >= 4 is 34.1 Å². The summed E-state index contributed by atoms with van der Waals surface area (Å²) < 4.78 is 0. The second kappa shape index (κ2) is 7.32. The van der Waals surface area contributed by atoms with Crippen molar-refractivity contribution in [3.63, 3.8) is 0 Å². The second-order valence-electron chi connectivity index (χ2n) is 5.64. The molecule has 0 aliphatic carbocycles. The van der Waals surface area contributed by atoms with Gasteiger partial charge in [-0.15, -0.1) is 0 Å². The summed E-state index contributed by atoms with van der Waals surface area (Å²) in [6.07, 6.45) is 0. The van der Waals surface area contributed by atoms with Crippen molar-refractivity contribution in [3.05, 3.63) is 71.2 Å². The van der Waals surface area contributed by atoms with E-state index in [4.69, 9.17) is 16.6 Å². The van der Waals surface area contributed by atoms with Crippen molar-refractivity contribution in [1.82, 2.24) is 15.2 Å². The Hall–Kier alpha value is -2.27. The number of aromatic amines is 1. The molecular weight excluding hydrogens is 371 g/mol. The van der Waals surface area contributed by atoms with E-state index in [9.17, 15) is 0 Å². The molecule has 0 atom stereocenters. The van der Waals surface area contributed by atoms with Crippen LogP contribution in [0.15, 0.2) is 60.7 Å². The molecule has 2 aromatic heterocycles. The number of hydrogen-bond acceptors (Lipinski definition) is 3. The number of aromatic nitrogens is 3. The number of rotatable bonds is 3. The van der Waals surface area contributed by atoms with Crippen LogP contribution in [0.3, 0.4) is 0 Å². The fourth-order valence-electron chi connectivity index (χ4n) is 2.72. The first-order valence-electron chi connectivity index (χ1n) is 7.64. The zero-order valence-electron chi connectivity index (χ0n) is 13.5. The third-order valence-corrected chi connectivity index (χ3v) is 4.17. The standard InChI is InChI=1S/C19H15ClN4.V/c1-12-10-17(13-6-2-4-8-15(13)20)21-18(11-12)22-19-14-7-3-5-9-16(14)23-24-19;/h2-11H,1H3,(H2,21,22,23,24);. The van der Waals surface area contributed by atoms with E-state index in [-0.39, 0.29) is 18.6 Å². The third-order valence-electron chi connectivity index (χ3n) is 3.84. The van der Waals surface area contributed by atoms with Crippen LogP contribution in [0.25, 0.3) is 22.2 Å². The molecule has 25 heavy (non-hydrogen) atoms. The van der Waals surface area contributed by atoms with Gasteiger partial charge in [0.2, 0.25) is 0 Å². The van der Waals surface area contributed by atoms with Gasteiger partial charge in [-0.3, -0.25) is 5.10 Å².